The number of fused-ring (bicyclic) bond motifs is 1. The third kappa shape index (κ3) is 5.29. The summed E-state index contributed by atoms with van der Waals surface area (Å²) in [7, 11) is 0. The molecule has 0 spiro atoms. The highest BCUT2D eigenvalue weighted by molar-refractivity contribution is 5.92. The summed E-state index contributed by atoms with van der Waals surface area (Å²) in [5.74, 6) is -1.36. The first-order valence-electron chi connectivity index (χ1n) is 13.2. The van der Waals surface area contributed by atoms with E-state index in [9.17, 15) is 13.6 Å². The smallest absolute Gasteiger partial charge is 0.251 e. The Bertz CT molecular complexity index is 1500. The number of piperidine rings is 1. The molecule has 2 aliphatic heterocycles. The number of hydrogen-bond donors (Lipinski definition) is 2. The van der Waals surface area contributed by atoms with Crippen molar-refractivity contribution in [3.05, 3.63) is 61.7 Å². The van der Waals surface area contributed by atoms with Gasteiger partial charge in [-0.2, -0.15) is 0 Å². The molecule has 0 unspecified atom stereocenters. The van der Waals surface area contributed by atoms with Gasteiger partial charge in [0, 0.05) is 63.5 Å². The molecule has 2 aliphatic rings. The molecular formula is C28H29F2N9O. The minimum Gasteiger partial charge on any atom is -0.356 e. The van der Waals surface area contributed by atoms with Gasteiger partial charge in [0.2, 0.25) is 11.9 Å². The molecule has 6 rings (SSSR count). The zero-order valence-corrected chi connectivity index (χ0v) is 21.9. The first-order chi connectivity index (χ1) is 19.4. The van der Waals surface area contributed by atoms with Crippen molar-refractivity contribution in [3.8, 4) is 11.3 Å². The normalized spacial score (nSPS) is 17.2. The van der Waals surface area contributed by atoms with Gasteiger partial charge in [0.1, 0.15) is 17.8 Å². The van der Waals surface area contributed by atoms with E-state index >= 15 is 0 Å². The molecule has 206 valence electrons. The Kier molecular flexibility index (Phi) is 6.74. The SMILES string of the molecule is C=CC(=O)N1CCN(c2ncc(Nc3ccc(-c4cc5c(N6CCC(F)(F)CC6)ncnc5[nH]4)cc3)cn2)CC1. The van der Waals surface area contributed by atoms with Gasteiger partial charge in [0.25, 0.3) is 5.92 Å². The zero-order valence-electron chi connectivity index (χ0n) is 21.9. The molecule has 2 N–H and O–H groups in total. The number of piperazine rings is 1. The quantitative estimate of drug-likeness (QED) is 0.347. The fourth-order valence-corrected chi connectivity index (χ4v) is 5.08. The van der Waals surface area contributed by atoms with Crippen molar-refractivity contribution in [2.24, 2.45) is 0 Å². The van der Waals surface area contributed by atoms with E-state index < -0.39 is 5.92 Å². The Morgan fingerprint density at radius 3 is 2.30 bits per heavy atom. The molecular weight excluding hydrogens is 516 g/mol. The molecule has 0 saturated carbocycles. The van der Waals surface area contributed by atoms with E-state index in [4.69, 9.17) is 0 Å². The van der Waals surface area contributed by atoms with E-state index in [1.807, 2.05) is 35.2 Å². The van der Waals surface area contributed by atoms with Gasteiger partial charge in [-0.1, -0.05) is 18.7 Å². The Hall–Kier alpha value is -4.61. The van der Waals surface area contributed by atoms with E-state index in [-0.39, 0.29) is 31.8 Å². The highest BCUT2D eigenvalue weighted by atomic mass is 19.3. The van der Waals surface area contributed by atoms with Crippen LogP contribution in [0.15, 0.2) is 61.7 Å². The summed E-state index contributed by atoms with van der Waals surface area (Å²) in [6, 6.07) is 9.87. The van der Waals surface area contributed by atoms with Crippen molar-refractivity contribution >= 4 is 40.1 Å². The lowest BCUT2D eigenvalue weighted by Crippen LogP contribution is -2.48. The molecule has 1 amide bonds. The van der Waals surface area contributed by atoms with Crippen LogP contribution >= 0.6 is 0 Å². The van der Waals surface area contributed by atoms with Crippen LogP contribution in [-0.2, 0) is 4.79 Å². The van der Waals surface area contributed by atoms with Crippen LogP contribution in [0, 0.1) is 0 Å². The first kappa shape index (κ1) is 25.7. The number of carbonyl (C=O) groups excluding carboxylic acids is 1. The number of carbonyl (C=O) groups is 1. The highest BCUT2D eigenvalue weighted by Gasteiger charge is 2.35. The predicted octanol–water partition coefficient (Wildman–Crippen LogP) is 4.23. The summed E-state index contributed by atoms with van der Waals surface area (Å²) in [4.78, 5) is 38.6. The second-order valence-corrected chi connectivity index (χ2v) is 9.98. The molecule has 5 heterocycles. The van der Waals surface area contributed by atoms with Crippen molar-refractivity contribution in [3.63, 3.8) is 0 Å². The van der Waals surface area contributed by atoms with Crippen molar-refractivity contribution in [2.75, 3.05) is 54.4 Å². The van der Waals surface area contributed by atoms with Crippen molar-refractivity contribution < 1.29 is 13.6 Å². The Balaban J connectivity index is 1.11. The number of aromatic amines is 1. The molecule has 1 aromatic carbocycles. The lowest BCUT2D eigenvalue weighted by Gasteiger charge is -2.34. The number of hydrogen-bond acceptors (Lipinski definition) is 8. The maximum atomic E-state index is 13.6. The number of amides is 1. The molecule has 4 aromatic rings. The minimum absolute atomic E-state index is 0.0544. The van der Waals surface area contributed by atoms with Gasteiger partial charge in [-0.15, -0.1) is 0 Å². The van der Waals surface area contributed by atoms with E-state index in [0.29, 0.717) is 43.6 Å². The van der Waals surface area contributed by atoms with Gasteiger partial charge in [0.15, 0.2) is 0 Å². The molecule has 10 nitrogen and oxygen atoms in total. The van der Waals surface area contributed by atoms with Crippen LogP contribution in [0.2, 0.25) is 0 Å². The standard InChI is InChI=1S/C28H29F2N9O/c1-2-24(40)37-11-13-39(14-12-37)27-31-16-21(17-32-27)35-20-5-3-19(4-6-20)23-15-22-25(36-23)33-18-34-26(22)38-9-7-28(29,30)8-10-38/h2-6,15-18,35H,1,7-14H2,(H,33,34,36). The molecule has 12 heteroatoms. The van der Waals surface area contributed by atoms with Crippen LogP contribution in [0.3, 0.4) is 0 Å². The lowest BCUT2D eigenvalue weighted by atomic mass is 10.1. The summed E-state index contributed by atoms with van der Waals surface area (Å²) in [5, 5.41) is 4.14. The number of halogens is 2. The number of aromatic nitrogens is 5. The van der Waals surface area contributed by atoms with Gasteiger partial charge < -0.3 is 25.0 Å². The maximum Gasteiger partial charge on any atom is 0.251 e. The van der Waals surface area contributed by atoms with E-state index in [1.54, 1.807) is 17.3 Å². The number of H-pyrrole nitrogens is 1. The average molecular weight is 546 g/mol. The van der Waals surface area contributed by atoms with Crippen LogP contribution in [0.25, 0.3) is 22.3 Å². The van der Waals surface area contributed by atoms with Crippen LogP contribution < -0.4 is 15.1 Å². The lowest BCUT2D eigenvalue weighted by molar-refractivity contribution is -0.126. The van der Waals surface area contributed by atoms with Crippen molar-refractivity contribution in [2.45, 2.75) is 18.8 Å². The third-order valence-electron chi connectivity index (χ3n) is 7.37. The summed E-state index contributed by atoms with van der Waals surface area (Å²) in [6.07, 6.45) is 5.95. The van der Waals surface area contributed by atoms with Gasteiger partial charge in [-0.05, 0) is 29.8 Å². The van der Waals surface area contributed by atoms with Crippen molar-refractivity contribution in [1.82, 2.24) is 29.8 Å². The molecule has 3 aromatic heterocycles. The summed E-state index contributed by atoms with van der Waals surface area (Å²) in [5.41, 5.74) is 4.14. The Morgan fingerprint density at radius 2 is 1.62 bits per heavy atom. The summed E-state index contributed by atoms with van der Waals surface area (Å²) >= 11 is 0. The van der Waals surface area contributed by atoms with E-state index in [1.165, 1.54) is 12.4 Å². The van der Waals surface area contributed by atoms with Crippen LogP contribution in [0.1, 0.15) is 12.8 Å². The number of nitrogens with zero attached hydrogens (tertiary/aromatic N) is 7. The number of rotatable bonds is 6. The Labute approximate surface area is 229 Å². The maximum absolute atomic E-state index is 13.6. The summed E-state index contributed by atoms with van der Waals surface area (Å²) < 4.78 is 27.3. The van der Waals surface area contributed by atoms with Gasteiger partial charge in [0.05, 0.1) is 23.5 Å². The molecule has 0 aliphatic carbocycles. The summed E-state index contributed by atoms with van der Waals surface area (Å²) in [6.45, 7) is 6.63. The van der Waals surface area contributed by atoms with Gasteiger partial charge in [-0.25, -0.2) is 28.7 Å². The second kappa shape index (κ2) is 10.5. The van der Waals surface area contributed by atoms with Crippen LogP contribution in [0.4, 0.5) is 31.9 Å². The third-order valence-corrected chi connectivity index (χ3v) is 7.37. The number of alkyl halides is 2. The number of nitrogens with one attached hydrogen (secondary N) is 2. The van der Waals surface area contributed by atoms with E-state index in [0.717, 1.165) is 28.0 Å². The van der Waals surface area contributed by atoms with E-state index in [2.05, 4.69) is 41.7 Å². The van der Waals surface area contributed by atoms with Crippen molar-refractivity contribution in [1.29, 1.82) is 0 Å². The highest BCUT2D eigenvalue weighted by Crippen LogP contribution is 2.34. The molecule has 2 saturated heterocycles. The molecule has 2 fully saturated rings. The Morgan fingerprint density at radius 1 is 0.925 bits per heavy atom. The second-order valence-electron chi connectivity index (χ2n) is 9.98. The van der Waals surface area contributed by atoms with Crippen LogP contribution in [-0.4, -0.2) is 80.9 Å². The topological polar surface area (TPSA) is 106 Å². The average Bonchev–Trinajstić information content (AvgIpc) is 3.43. The monoisotopic (exact) mass is 545 g/mol. The largest absolute Gasteiger partial charge is 0.356 e. The molecule has 0 atom stereocenters. The number of benzene rings is 1. The molecule has 0 radical (unpaired) electrons. The van der Waals surface area contributed by atoms with Crippen LogP contribution in [0.5, 0.6) is 0 Å². The first-order valence-corrected chi connectivity index (χ1v) is 13.2. The minimum atomic E-state index is -2.61. The predicted molar refractivity (Wildman–Crippen MR) is 150 cm³/mol. The fourth-order valence-electron chi connectivity index (χ4n) is 5.08. The molecule has 0 bridgehead atoms. The van der Waals surface area contributed by atoms with Gasteiger partial charge in [-0.3, -0.25) is 4.79 Å². The zero-order chi connectivity index (χ0) is 27.7. The van der Waals surface area contributed by atoms with Gasteiger partial charge >= 0.3 is 0 Å². The number of anilines is 4. The fraction of sp³-hybridized carbons (Fsp3) is 0.321. The molecule has 40 heavy (non-hydrogen) atoms.